The number of anilines is 1. The third-order valence-corrected chi connectivity index (χ3v) is 4.48. The van der Waals surface area contributed by atoms with Crippen molar-refractivity contribution in [3.05, 3.63) is 85.5 Å². The fourth-order valence-corrected chi connectivity index (χ4v) is 2.91. The molecule has 3 aromatic rings. The number of nitrogens with one attached hydrogen (secondary N) is 1. The van der Waals surface area contributed by atoms with Crippen molar-refractivity contribution in [1.82, 2.24) is 9.78 Å². The number of rotatable bonds is 5. The second-order valence-corrected chi connectivity index (χ2v) is 6.65. The zero-order valence-electron chi connectivity index (χ0n) is 14.1. The molecule has 0 aliphatic heterocycles. The number of aromatic nitrogens is 2. The largest absolute Gasteiger partial charge is 0.304 e. The molecule has 0 fully saturated rings. The van der Waals surface area contributed by atoms with E-state index in [1.807, 2.05) is 12.1 Å². The molecule has 2 aromatic carbocycles. The van der Waals surface area contributed by atoms with Gasteiger partial charge in [0, 0.05) is 28.4 Å². The zero-order chi connectivity index (χ0) is 19.6. The van der Waals surface area contributed by atoms with E-state index in [9.17, 15) is 14.9 Å². The monoisotopic (exact) mass is 404 g/mol. The minimum Gasteiger partial charge on any atom is -0.304 e. The van der Waals surface area contributed by atoms with E-state index in [1.54, 1.807) is 23.0 Å². The molecule has 3 rings (SSSR count). The van der Waals surface area contributed by atoms with Crippen molar-refractivity contribution in [3.63, 3.8) is 0 Å². The van der Waals surface area contributed by atoms with Crippen molar-refractivity contribution >= 4 is 40.6 Å². The normalized spacial score (nSPS) is 10.6. The van der Waals surface area contributed by atoms with Gasteiger partial charge in [-0.05, 0) is 30.7 Å². The van der Waals surface area contributed by atoms with Crippen LogP contribution in [-0.4, -0.2) is 20.6 Å². The smallest absolute Gasteiger partial charge is 0.273 e. The molecule has 0 saturated heterocycles. The first-order chi connectivity index (χ1) is 12.8. The number of hydrogen-bond acceptors (Lipinski definition) is 4. The lowest BCUT2D eigenvalue weighted by Crippen LogP contribution is -2.15. The second kappa shape index (κ2) is 7.77. The first kappa shape index (κ1) is 18.9. The van der Waals surface area contributed by atoms with E-state index in [4.69, 9.17) is 23.2 Å². The summed E-state index contributed by atoms with van der Waals surface area (Å²) in [6, 6.07) is 11.6. The van der Waals surface area contributed by atoms with Gasteiger partial charge < -0.3 is 5.32 Å². The van der Waals surface area contributed by atoms with Crippen LogP contribution in [0.2, 0.25) is 10.0 Å². The number of amides is 1. The standard InChI is InChI=1S/C18H14Cl2N4O3/c1-11-14(3-2-4-16(11)24(26)27)18(25)21-17-15(20)10-23(22-17)9-12-5-7-13(19)8-6-12/h2-8,10H,9H2,1H3,(H,21,22,25). The van der Waals surface area contributed by atoms with Crippen LogP contribution in [0, 0.1) is 17.0 Å². The topological polar surface area (TPSA) is 90.1 Å². The van der Waals surface area contributed by atoms with Crippen LogP contribution in [0.5, 0.6) is 0 Å². The predicted octanol–water partition coefficient (Wildman–Crippen LogP) is 4.71. The number of nitro benzene ring substituents is 1. The lowest BCUT2D eigenvalue weighted by molar-refractivity contribution is -0.385. The average molecular weight is 405 g/mol. The first-order valence-electron chi connectivity index (χ1n) is 7.88. The highest BCUT2D eigenvalue weighted by Crippen LogP contribution is 2.24. The molecule has 9 heteroatoms. The summed E-state index contributed by atoms with van der Waals surface area (Å²) in [5.41, 5.74) is 1.30. The molecule has 0 radical (unpaired) electrons. The molecule has 0 saturated carbocycles. The van der Waals surface area contributed by atoms with Crippen LogP contribution in [-0.2, 0) is 6.54 Å². The highest BCUT2D eigenvalue weighted by atomic mass is 35.5. The maximum Gasteiger partial charge on any atom is 0.273 e. The van der Waals surface area contributed by atoms with Gasteiger partial charge in [-0.25, -0.2) is 0 Å². The van der Waals surface area contributed by atoms with Gasteiger partial charge in [0.15, 0.2) is 5.82 Å². The number of carbonyl (C=O) groups excluding carboxylic acids is 1. The highest BCUT2D eigenvalue weighted by Gasteiger charge is 2.19. The molecular formula is C18H14Cl2N4O3. The SMILES string of the molecule is Cc1c(C(=O)Nc2nn(Cc3ccc(Cl)cc3)cc2Cl)cccc1[N+](=O)[O-]. The van der Waals surface area contributed by atoms with Crippen molar-refractivity contribution in [2.45, 2.75) is 13.5 Å². The molecule has 1 heterocycles. The number of hydrogen-bond donors (Lipinski definition) is 1. The van der Waals surface area contributed by atoms with E-state index in [0.29, 0.717) is 11.6 Å². The van der Waals surface area contributed by atoms with Crippen molar-refractivity contribution in [1.29, 1.82) is 0 Å². The quantitative estimate of drug-likeness (QED) is 0.492. The fraction of sp³-hybridized carbons (Fsp3) is 0.111. The molecule has 0 bridgehead atoms. The number of nitro groups is 1. The molecule has 138 valence electrons. The second-order valence-electron chi connectivity index (χ2n) is 5.81. The highest BCUT2D eigenvalue weighted by molar-refractivity contribution is 6.33. The molecule has 0 unspecified atom stereocenters. The van der Waals surface area contributed by atoms with Crippen LogP contribution in [0.25, 0.3) is 0 Å². The molecule has 27 heavy (non-hydrogen) atoms. The van der Waals surface area contributed by atoms with Crippen LogP contribution in [0.4, 0.5) is 11.5 Å². The summed E-state index contributed by atoms with van der Waals surface area (Å²) in [5.74, 6) is -0.337. The maximum absolute atomic E-state index is 12.5. The summed E-state index contributed by atoms with van der Waals surface area (Å²) in [4.78, 5) is 23.0. The summed E-state index contributed by atoms with van der Waals surface area (Å²) in [5, 5.41) is 18.8. The van der Waals surface area contributed by atoms with Crippen molar-refractivity contribution in [2.75, 3.05) is 5.32 Å². The van der Waals surface area contributed by atoms with Crippen LogP contribution < -0.4 is 5.32 Å². The Labute approximate surface area is 164 Å². The van der Waals surface area contributed by atoms with Crippen LogP contribution in [0.1, 0.15) is 21.5 Å². The van der Waals surface area contributed by atoms with E-state index in [-0.39, 0.29) is 27.7 Å². The maximum atomic E-state index is 12.5. The van der Waals surface area contributed by atoms with Crippen LogP contribution >= 0.6 is 23.2 Å². The van der Waals surface area contributed by atoms with Gasteiger partial charge in [0.05, 0.1) is 11.5 Å². The van der Waals surface area contributed by atoms with E-state index >= 15 is 0 Å². The third kappa shape index (κ3) is 4.27. The van der Waals surface area contributed by atoms with Crippen molar-refractivity contribution in [3.8, 4) is 0 Å². The summed E-state index contributed by atoms with van der Waals surface area (Å²) >= 11 is 12.0. The zero-order valence-corrected chi connectivity index (χ0v) is 15.7. The van der Waals surface area contributed by atoms with Gasteiger partial charge in [-0.2, -0.15) is 5.10 Å². The lowest BCUT2D eigenvalue weighted by Gasteiger charge is -2.06. The number of benzene rings is 2. The third-order valence-electron chi connectivity index (χ3n) is 3.95. The summed E-state index contributed by atoms with van der Waals surface area (Å²) in [6.07, 6.45) is 1.59. The Morgan fingerprint density at radius 3 is 2.59 bits per heavy atom. The van der Waals surface area contributed by atoms with Gasteiger partial charge in [-0.3, -0.25) is 19.6 Å². The minimum absolute atomic E-state index is 0.123. The molecule has 0 spiro atoms. The van der Waals surface area contributed by atoms with Crippen LogP contribution in [0.3, 0.4) is 0 Å². The van der Waals surface area contributed by atoms with E-state index in [1.165, 1.54) is 25.1 Å². The molecule has 0 atom stereocenters. The number of carbonyl (C=O) groups is 1. The van der Waals surface area contributed by atoms with Crippen LogP contribution in [0.15, 0.2) is 48.7 Å². The molecule has 7 nitrogen and oxygen atoms in total. The fourth-order valence-electron chi connectivity index (χ4n) is 2.58. The Bertz CT molecular complexity index is 1020. The predicted molar refractivity (Wildman–Crippen MR) is 104 cm³/mol. The summed E-state index contributed by atoms with van der Waals surface area (Å²) in [6.45, 7) is 1.97. The van der Waals surface area contributed by atoms with Gasteiger partial charge in [-0.15, -0.1) is 0 Å². The molecule has 1 N–H and O–H groups in total. The average Bonchev–Trinajstić information content (AvgIpc) is 2.96. The van der Waals surface area contributed by atoms with Gasteiger partial charge in [-0.1, -0.05) is 41.4 Å². The first-order valence-corrected chi connectivity index (χ1v) is 8.63. The van der Waals surface area contributed by atoms with Crippen molar-refractivity contribution in [2.24, 2.45) is 0 Å². The Morgan fingerprint density at radius 1 is 1.22 bits per heavy atom. The molecular weight excluding hydrogens is 391 g/mol. The van der Waals surface area contributed by atoms with Gasteiger partial charge >= 0.3 is 0 Å². The Hall–Kier alpha value is -2.90. The van der Waals surface area contributed by atoms with E-state index < -0.39 is 10.8 Å². The lowest BCUT2D eigenvalue weighted by atomic mass is 10.1. The number of halogens is 2. The molecule has 1 aromatic heterocycles. The van der Waals surface area contributed by atoms with Gasteiger partial charge in [0.2, 0.25) is 0 Å². The van der Waals surface area contributed by atoms with Gasteiger partial charge in [0.1, 0.15) is 5.02 Å². The minimum atomic E-state index is -0.528. The molecule has 0 aliphatic rings. The number of nitrogens with zero attached hydrogens (tertiary/aromatic N) is 3. The summed E-state index contributed by atoms with van der Waals surface area (Å²) < 4.78 is 1.58. The Balaban J connectivity index is 1.79. The van der Waals surface area contributed by atoms with E-state index in [0.717, 1.165) is 5.56 Å². The Morgan fingerprint density at radius 2 is 1.93 bits per heavy atom. The molecule has 0 aliphatic carbocycles. The van der Waals surface area contributed by atoms with Gasteiger partial charge in [0.25, 0.3) is 11.6 Å². The Kier molecular flexibility index (Phi) is 5.43. The van der Waals surface area contributed by atoms with E-state index in [2.05, 4.69) is 10.4 Å². The molecule has 1 amide bonds. The van der Waals surface area contributed by atoms with Crippen molar-refractivity contribution < 1.29 is 9.72 Å². The summed E-state index contributed by atoms with van der Waals surface area (Å²) in [7, 11) is 0.